The molecule has 2 aliphatic heterocycles. The lowest BCUT2D eigenvalue weighted by Crippen LogP contribution is -2.56. The number of nitrogens with zero attached hydrogens (tertiary/aromatic N) is 4. The SMILES string of the molecule is N#CC1(c2ccccc2)CCC(N2CCN(C(=O)N3C(=O)OCC3c3ccc(F)c(F)c3)CC2)CC1. The Morgan fingerprint density at radius 1 is 1.00 bits per heavy atom. The van der Waals surface area contributed by atoms with Crippen LogP contribution in [0.15, 0.2) is 48.5 Å². The molecule has 2 aromatic carbocycles. The highest BCUT2D eigenvalue weighted by Gasteiger charge is 2.43. The van der Waals surface area contributed by atoms with Gasteiger partial charge in [-0.2, -0.15) is 5.26 Å². The molecule has 188 valence electrons. The van der Waals surface area contributed by atoms with Crippen molar-refractivity contribution in [2.24, 2.45) is 0 Å². The summed E-state index contributed by atoms with van der Waals surface area (Å²) in [5.41, 5.74) is 0.948. The van der Waals surface area contributed by atoms with Gasteiger partial charge >= 0.3 is 12.1 Å². The van der Waals surface area contributed by atoms with Crippen molar-refractivity contribution in [2.45, 2.75) is 43.2 Å². The molecule has 2 heterocycles. The summed E-state index contributed by atoms with van der Waals surface area (Å²) in [6, 6.07) is 15.0. The van der Waals surface area contributed by atoms with Crippen LogP contribution in [0.3, 0.4) is 0 Å². The number of hydrogen-bond acceptors (Lipinski definition) is 5. The van der Waals surface area contributed by atoms with Gasteiger partial charge in [-0.3, -0.25) is 4.90 Å². The second kappa shape index (κ2) is 9.86. The molecule has 0 N–H and O–H groups in total. The van der Waals surface area contributed by atoms with E-state index >= 15 is 0 Å². The zero-order chi connectivity index (χ0) is 25.3. The largest absolute Gasteiger partial charge is 0.446 e. The molecular weight excluding hydrogens is 466 g/mol. The van der Waals surface area contributed by atoms with Crippen molar-refractivity contribution in [1.29, 1.82) is 5.26 Å². The van der Waals surface area contributed by atoms with Gasteiger partial charge in [0.25, 0.3) is 0 Å². The predicted molar refractivity (Wildman–Crippen MR) is 127 cm³/mol. The first-order chi connectivity index (χ1) is 17.4. The number of amides is 3. The van der Waals surface area contributed by atoms with Gasteiger partial charge in [-0.15, -0.1) is 0 Å². The number of piperazine rings is 1. The van der Waals surface area contributed by atoms with Gasteiger partial charge in [0.2, 0.25) is 0 Å². The van der Waals surface area contributed by atoms with Crippen LogP contribution in [0.5, 0.6) is 0 Å². The highest BCUT2D eigenvalue weighted by molar-refractivity contribution is 5.92. The zero-order valence-corrected chi connectivity index (χ0v) is 19.9. The molecule has 0 spiro atoms. The highest BCUT2D eigenvalue weighted by atomic mass is 19.2. The monoisotopic (exact) mass is 494 g/mol. The minimum absolute atomic E-state index is 0.0975. The molecule has 36 heavy (non-hydrogen) atoms. The number of benzene rings is 2. The number of cyclic esters (lactones) is 1. The Balaban J connectivity index is 1.19. The quantitative estimate of drug-likeness (QED) is 0.623. The van der Waals surface area contributed by atoms with Gasteiger partial charge in [0.1, 0.15) is 12.6 Å². The fourth-order valence-corrected chi connectivity index (χ4v) is 5.71. The number of nitriles is 1. The van der Waals surface area contributed by atoms with Gasteiger partial charge in [-0.25, -0.2) is 23.3 Å². The number of hydrogen-bond donors (Lipinski definition) is 0. The number of carbonyl (C=O) groups excluding carboxylic acids is 2. The first kappa shape index (κ1) is 24.2. The first-order valence-electron chi connectivity index (χ1n) is 12.3. The fourth-order valence-electron chi connectivity index (χ4n) is 5.71. The molecule has 2 saturated heterocycles. The van der Waals surface area contributed by atoms with E-state index in [9.17, 15) is 23.6 Å². The third kappa shape index (κ3) is 4.42. The van der Waals surface area contributed by atoms with Gasteiger partial charge < -0.3 is 9.64 Å². The van der Waals surface area contributed by atoms with E-state index in [0.29, 0.717) is 37.8 Å². The molecule has 5 rings (SSSR count). The van der Waals surface area contributed by atoms with Crippen LogP contribution < -0.4 is 0 Å². The molecule has 2 aromatic rings. The van der Waals surface area contributed by atoms with E-state index in [1.54, 1.807) is 4.90 Å². The molecule has 0 bridgehead atoms. The maximum Gasteiger partial charge on any atom is 0.418 e. The number of rotatable bonds is 3. The van der Waals surface area contributed by atoms with E-state index in [-0.39, 0.29) is 6.61 Å². The number of urea groups is 1. The molecule has 3 aliphatic rings. The van der Waals surface area contributed by atoms with Gasteiger partial charge in [0, 0.05) is 32.2 Å². The molecule has 1 saturated carbocycles. The van der Waals surface area contributed by atoms with Crippen molar-refractivity contribution in [3.05, 3.63) is 71.3 Å². The summed E-state index contributed by atoms with van der Waals surface area (Å²) in [5, 5.41) is 9.96. The minimum Gasteiger partial charge on any atom is -0.446 e. The van der Waals surface area contributed by atoms with Gasteiger partial charge in [0.05, 0.1) is 11.5 Å². The summed E-state index contributed by atoms with van der Waals surface area (Å²) in [5.74, 6) is -2.02. The molecule has 3 amide bonds. The van der Waals surface area contributed by atoms with Crippen molar-refractivity contribution >= 4 is 12.1 Å². The highest BCUT2D eigenvalue weighted by Crippen LogP contribution is 2.40. The van der Waals surface area contributed by atoms with E-state index in [0.717, 1.165) is 48.3 Å². The lowest BCUT2D eigenvalue weighted by Gasteiger charge is -2.44. The van der Waals surface area contributed by atoms with E-state index in [2.05, 4.69) is 11.0 Å². The van der Waals surface area contributed by atoms with Crippen LogP contribution >= 0.6 is 0 Å². The molecule has 7 nitrogen and oxygen atoms in total. The van der Waals surface area contributed by atoms with Crippen LogP contribution in [-0.2, 0) is 10.2 Å². The summed E-state index contributed by atoms with van der Waals surface area (Å²) >= 11 is 0. The summed E-state index contributed by atoms with van der Waals surface area (Å²) in [6.07, 6.45) is 2.64. The average molecular weight is 495 g/mol. The normalized spacial score (nSPS) is 27.0. The van der Waals surface area contributed by atoms with E-state index in [4.69, 9.17) is 4.74 Å². The van der Waals surface area contributed by atoms with Crippen molar-refractivity contribution in [3.63, 3.8) is 0 Å². The van der Waals surface area contributed by atoms with Gasteiger partial charge in [-0.1, -0.05) is 36.4 Å². The molecule has 1 unspecified atom stereocenters. The lowest BCUT2D eigenvalue weighted by atomic mass is 9.69. The summed E-state index contributed by atoms with van der Waals surface area (Å²) < 4.78 is 32.2. The van der Waals surface area contributed by atoms with Crippen molar-refractivity contribution < 1.29 is 23.1 Å². The molecule has 0 aromatic heterocycles. The Morgan fingerprint density at radius 2 is 1.69 bits per heavy atom. The van der Waals surface area contributed by atoms with Crippen molar-refractivity contribution in [1.82, 2.24) is 14.7 Å². The average Bonchev–Trinajstić information content (AvgIpc) is 3.31. The Labute approximate surface area is 208 Å². The van der Waals surface area contributed by atoms with Gasteiger partial charge in [0.15, 0.2) is 11.6 Å². The molecule has 0 radical (unpaired) electrons. The smallest absolute Gasteiger partial charge is 0.418 e. The van der Waals surface area contributed by atoms with Crippen molar-refractivity contribution in [3.8, 4) is 6.07 Å². The number of ether oxygens (including phenoxy) is 1. The topological polar surface area (TPSA) is 76.9 Å². The van der Waals surface area contributed by atoms with Crippen LogP contribution in [-0.4, -0.2) is 65.7 Å². The summed E-state index contributed by atoms with van der Waals surface area (Å²) in [4.78, 5) is 30.6. The molecule has 1 aliphatic carbocycles. The van der Waals surface area contributed by atoms with Crippen LogP contribution in [0.2, 0.25) is 0 Å². The maximum atomic E-state index is 13.8. The Morgan fingerprint density at radius 3 is 2.33 bits per heavy atom. The summed E-state index contributed by atoms with van der Waals surface area (Å²) in [7, 11) is 0. The fraction of sp³-hybridized carbons (Fsp3) is 0.444. The molecule has 1 atom stereocenters. The van der Waals surface area contributed by atoms with E-state index < -0.39 is 35.2 Å². The predicted octanol–water partition coefficient (Wildman–Crippen LogP) is 4.60. The second-order valence-electron chi connectivity index (χ2n) is 9.73. The standard InChI is InChI=1S/C27H28F2N4O3/c28-22-7-6-19(16-23(22)29)24-17-36-26(35)33(24)25(34)32-14-12-31(13-15-32)21-8-10-27(18-30,11-9-21)20-4-2-1-3-5-20/h1-7,16,21,24H,8-15,17H2. The Bertz CT molecular complexity index is 1170. The third-order valence-corrected chi connectivity index (χ3v) is 7.86. The maximum absolute atomic E-state index is 13.8. The van der Waals surface area contributed by atoms with Crippen LogP contribution in [0.1, 0.15) is 42.9 Å². The lowest BCUT2D eigenvalue weighted by molar-refractivity contribution is 0.0723. The minimum atomic E-state index is -1.03. The number of carbonyl (C=O) groups is 2. The molecular formula is C27H28F2N4O3. The van der Waals surface area contributed by atoms with E-state index in [1.807, 2.05) is 30.3 Å². The Kier molecular flexibility index (Phi) is 6.63. The summed E-state index contributed by atoms with van der Waals surface area (Å²) in [6.45, 7) is 2.14. The number of halogens is 2. The van der Waals surface area contributed by atoms with E-state index in [1.165, 1.54) is 6.07 Å². The van der Waals surface area contributed by atoms with Gasteiger partial charge in [-0.05, 0) is 48.9 Å². The van der Waals surface area contributed by atoms with Crippen LogP contribution in [0.25, 0.3) is 0 Å². The molecule has 9 heteroatoms. The van der Waals surface area contributed by atoms with Crippen LogP contribution in [0, 0.1) is 23.0 Å². The second-order valence-corrected chi connectivity index (χ2v) is 9.73. The third-order valence-electron chi connectivity index (χ3n) is 7.86. The Hall–Kier alpha value is -3.51. The molecule has 3 fully saturated rings. The van der Waals surface area contributed by atoms with Crippen molar-refractivity contribution in [2.75, 3.05) is 32.8 Å². The first-order valence-corrected chi connectivity index (χ1v) is 12.3. The zero-order valence-electron chi connectivity index (χ0n) is 19.9. The number of imide groups is 1. The van der Waals surface area contributed by atoms with Crippen LogP contribution in [0.4, 0.5) is 18.4 Å².